The number of hydrogen-bond donors (Lipinski definition) is 0. The second kappa shape index (κ2) is 5.75. The minimum absolute atomic E-state index is 0.0289. The molecule has 15 heavy (non-hydrogen) atoms. The summed E-state index contributed by atoms with van der Waals surface area (Å²) in [6, 6.07) is 0. The highest BCUT2D eigenvalue weighted by atomic mass is 16.6. The van der Waals surface area contributed by atoms with Crippen molar-refractivity contribution in [2.45, 2.75) is 33.3 Å². The first kappa shape index (κ1) is 12.0. The molecule has 0 aromatic rings. The van der Waals surface area contributed by atoms with Gasteiger partial charge in [0.05, 0.1) is 13.2 Å². The lowest BCUT2D eigenvalue weighted by Gasteiger charge is -2.14. The summed E-state index contributed by atoms with van der Waals surface area (Å²) in [6.07, 6.45) is 0.0717. The van der Waals surface area contributed by atoms with Gasteiger partial charge in [-0.15, -0.1) is 0 Å². The molecule has 0 N–H and O–H groups in total. The Labute approximate surface area is 90.2 Å². The van der Waals surface area contributed by atoms with Crippen molar-refractivity contribution in [3.05, 3.63) is 11.5 Å². The molecule has 4 nitrogen and oxygen atoms in total. The van der Waals surface area contributed by atoms with Gasteiger partial charge in [0.2, 0.25) is 11.5 Å². The van der Waals surface area contributed by atoms with Crippen LogP contribution in [0.2, 0.25) is 0 Å². The Morgan fingerprint density at radius 2 is 1.80 bits per heavy atom. The predicted octanol–water partition coefficient (Wildman–Crippen LogP) is 1.65. The maximum absolute atomic E-state index is 11.6. The van der Waals surface area contributed by atoms with E-state index in [1.807, 2.05) is 20.8 Å². The van der Waals surface area contributed by atoms with Crippen molar-refractivity contribution in [3.8, 4) is 0 Å². The summed E-state index contributed by atoms with van der Waals surface area (Å²) in [5.74, 6) is 0.878. The molecule has 0 saturated heterocycles. The maximum atomic E-state index is 11.6. The van der Waals surface area contributed by atoms with Gasteiger partial charge in [0, 0.05) is 13.0 Å². The van der Waals surface area contributed by atoms with Crippen molar-refractivity contribution < 1.29 is 19.0 Å². The van der Waals surface area contributed by atoms with E-state index in [0.717, 1.165) is 0 Å². The fourth-order valence-corrected chi connectivity index (χ4v) is 1.58. The molecule has 1 atom stereocenters. The third-order valence-corrected chi connectivity index (χ3v) is 2.10. The lowest BCUT2D eigenvalue weighted by atomic mass is 10.3. The molecule has 0 aromatic heterocycles. The molecule has 0 radical (unpaired) electrons. The smallest absolute Gasteiger partial charge is 0.204 e. The van der Waals surface area contributed by atoms with Crippen LogP contribution < -0.4 is 0 Å². The Bertz CT molecular complexity index is 257. The molecular formula is C11H18O4. The van der Waals surface area contributed by atoms with Crippen LogP contribution in [0.4, 0.5) is 0 Å². The number of allylic oxidation sites excluding steroid dienone is 1. The van der Waals surface area contributed by atoms with Crippen LogP contribution in [0.3, 0.4) is 0 Å². The SMILES string of the molecule is CCOC1=C(OCC)C(OCC)CC1=O. The number of carbonyl (C=O) groups excluding carboxylic acids is 1. The lowest BCUT2D eigenvalue weighted by molar-refractivity contribution is -0.119. The maximum Gasteiger partial charge on any atom is 0.204 e. The first-order valence-electron chi connectivity index (χ1n) is 5.39. The predicted molar refractivity (Wildman–Crippen MR) is 55.3 cm³/mol. The zero-order chi connectivity index (χ0) is 11.3. The largest absolute Gasteiger partial charge is 0.491 e. The second-order valence-electron chi connectivity index (χ2n) is 3.13. The minimum Gasteiger partial charge on any atom is -0.491 e. The molecule has 0 amide bonds. The quantitative estimate of drug-likeness (QED) is 0.674. The van der Waals surface area contributed by atoms with Crippen molar-refractivity contribution in [2.75, 3.05) is 19.8 Å². The van der Waals surface area contributed by atoms with Crippen LogP contribution in [-0.2, 0) is 19.0 Å². The van der Waals surface area contributed by atoms with E-state index in [1.54, 1.807) is 0 Å². The van der Waals surface area contributed by atoms with Crippen LogP contribution in [0.25, 0.3) is 0 Å². The van der Waals surface area contributed by atoms with Crippen LogP contribution in [0, 0.1) is 0 Å². The number of ether oxygens (including phenoxy) is 3. The number of ketones is 1. The van der Waals surface area contributed by atoms with E-state index in [0.29, 0.717) is 37.8 Å². The molecule has 1 aliphatic carbocycles. The first-order valence-corrected chi connectivity index (χ1v) is 5.39. The fraction of sp³-hybridized carbons (Fsp3) is 0.727. The summed E-state index contributed by atoms with van der Waals surface area (Å²) in [4.78, 5) is 11.6. The Hall–Kier alpha value is -1.03. The summed E-state index contributed by atoms with van der Waals surface area (Å²) in [5, 5.41) is 0. The van der Waals surface area contributed by atoms with Crippen LogP contribution in [0.1, 0.15) is 27.2 Å². The highest BCUT2D eigenvalue weighted by Crippen LogP contribution is 2.27. The van der Waals surface area contributed by atoms with Gasteiger partial charge < -0.3 is 14.2 Å². The Balaban J connectivity index is 2.82. The Morgan fingerprint density at radius 3 is 2.33 bits per heavy atom. The van der Waals surface area contributed by atoms with E-state index in [4.69, 9.17) is 14.2 Å². The van der Waals surface area contributed by atoms with Gasteiger partial charge in [-0.1, -0.05) is 0 Å². The molecule has 0 aliphatic heterocycles. The van der Waals surface area contributed by atoms with E-state index in [-0.39, 0.29) is 11.9 Å². The van der Waals surface area contributed by atoms with Gasteiger partial charge in [-0.3, -0.25) is 4.79 Å². The Kier molecular flexibility index (Phi) is 4.62. The van der Waals surface area contributed by atoms with Crippen LogP contribution in [-0.4, -0.2) is 31.7 Å². The normalized spacial score (nSPS) is 21.0. The van der Waals surface area contributed by atoms with Crippen molar-refractivity contribution >= 4 is 5.78 Å². The first-order chi connectivity index (χ1) is 7.24. The molecule has 0 aromatic carbocycles. The average Bonchev–Trinajstić information content (AvgIpc) is 2.48. The molecular weight excluding hydrogens is 196 g/mol. The summed E-state index contributed by atoms with van der Waals surface area (Å²) in [6.45, 7) is 7.17. The standard InChI is InChI=1S/C11H18O4/c1-4-13-9-7-8(12)10(14-5-2)11(9)15-6-3/h9H,4-7H2,1-3H3. The lowest BCUT2D eigenvalue weighted by Crippen LogP contribution is -2.15. The molecule has 0 spiro atoms. The van der Waals surface area contributed by atoms with Crippen molar-refractivity contribution in [1.82, 2.24) is 0 Å². The number of hydrogen-bond acceptors (Lipinski definition) is 4. The van der Waals surface area contributed by atoms with Crippen LogP contribution >= 0.6 is 0 Å². The zero-order valence-corrected chi connectivity index (χ0v) is 9.54. The van der Waals surface area contributed by atoms with E-state index < -0.39 is 0 Å². The topological polar surface area (TPSA) is 44.8 Å². The van der Waals surface area contributed by atoms with Gasteiger partial charge in [0.15, 0.2) is 5.76 Å². The Morgan fingerprint density at radius 1 is 1.13 bits per heavy atom. The van der Waals surface area contributed by atoms with Crippen molar-refractivity contribution in [1.29, 1.82) is 0 Å². The molecule has 86 valence electrons. The third kappa shape index (κ3) is 2.72. The number of Topliss-reactive ketones (excluding diaryl/α,β-unsaturated/α-hetero) is 1. The van der Waals surface area contributed by atoms with Crippen LogP contribution in [0.15, 0.2) is 11.5 Å². The summed E-state index contributed by atoms with van der Waals surface area (Å²) >= 11 is 0. The highest BCUT2D eigenvalue weighted by molar-refractivity contribution is 5.97. The molecule has 1 aliphatic rings. The van der Waals surface area contributed by atoms with E-state index in [1.165, 1.54) is 0 Å². The molecule has 4 heteroatoms. The molecule has 0 saturated carbocycles. The third-order valence-electron chi connectivity index (χ3n) is 2.10. The molecule has 1 unspecified atom stereocenters. The van der Waals surface area contributed by atoms with Gasteiger partial charge in [0.25, 0.3) is 0 Å². The van der Waals surface area contributed by atoms with Crippen molar-refractivity contribution in [3.63, 3.8) is 0 Å². The molecule has 0 bridgehead atoms. The highest BCUT2D eigenvalue weighted by Gasteiger charge is 2.35. The van der Waals surface area contributed by atoms with Crippen LogP contribution in [0.5, 0.6) is 0 Å². The summed E-state index contributed by atoms with van der Waals surface area (Å²) < 4.78 is 16.1. The molecule has 1 rings (SSSR count). The van der Waals surface area contributed by atoms with E-state index in [9.17, 15) is 4.79 Å². The minimum atomic E-state index is -0.260. The van der Waals surface area contributed by atoms with E-state index in [2.05, 4.69) is 0 Å². The second-order valence-corrected chi connectivity index (χ2v) is 3.13. The molecule has 0 fully saturated rings. The monoisotopic (exact) mass is 214 g/mol. The average molecular weight is 214 g/mol. The fourth-order valence-electron chi connectivity index (χ4n) is 1.58. The van der Waals surface area contributed by atoms with E-state index >= 15 is 0 Å². The summed E-state index contributed by atoms with van der Waals surface area (Å²) in [5.41, 5.74) is 0. The molecule has 0 heterocycles. The van der Waals surface area contributed by atoms with Gasteiger partial charge in [-0.25, -0.2) is 0 Å². The van der Waals surface area contributed by atoms with Gasteiger partial charge in [0.1, 0.15) is 6.10 Å². The van der Waals surface area contributed by atoms with Crippen molar-refractivity contribution in [2.24, 2.45) is 0 Å². The van der Waals surface area contributed by atoms with Gasteiger partial charge >= 0.3 is 0 Å². The zero-order valence-electron chi connectivity index (χ0n) is 9.54. The van der Waals surface area contributed by atoms with Gasteiger partial charge in [-0.05, 0) is 20.8 Å². The number of carbonyl (C=O) groups is 1. The summed E-state index contributed by atoms with van der Waals surface area (Å²) in [7, 11) is 0. The van der Waals surface area contributed by atoms with Gasteiger partial charge in [-0.2, -0.15) is 0 Å². The number of rotatable bonds is 6.